The molecule has 2 aromatic heterocycles. The molecule has 0 saturated carbocycles. The number of rotatable bonds is 5. The summed E-state index contributed by atoms with van der Waals surface area (Å²) < 4.78 is 41.2. The molecule has 8 rings (SSSR count). The van der Waals surface area contributed by atoms with Crippen molar-refractivity contribution in [2.45, 2.75) is 43.4 Å². The fraction of sp³-hybridized carbons (Fsp3) is 0.424. The van der Waals surface area contributed by atoms with Crippen LogP contribution in [0.5, 0.6) is 11.8 Å². The number of phenolic OH excluding ortho intramolecular Hbond substituents is 1. The van der Waals surface area contributed by atoms with E-state index >= 15 is 0 Å². The number of aromatic nitrogens is 3. The summed E-state index contributed by atoms with van der Waals surface area (Å²) in [6.07, 6.45) is 10.00. The van der Waals surface area contributed by atoms with Crippen LogP contribution in [-0.2, 0) is 4.74 Å². The molecule has 4 aromatic rings. The SMILES string of the molecule is C#Cc1c(F)ccc2cc(O)cc(-c3cc4nc(OC[C@@]56CCCN5C[C@H](F)C6)ncc4c(N4CC5CCOCC54)n3)c12. The zero-order chi connectivity index (χ0) is 29.3. The first-order valence-corrected chi connectivity index (χ1v) is 14.9. The summed E-state index contributed by atoms with van der Waals surface area (Å²) in [6.45, 7) is 3.83. The average Bonchev–Trinajstić information content (AvgIpc) is 3.51. The van der Waals surface area contributed by atoms with Gasteiger partial charge in [-0.2, -0.15) is 4.98 Å². The van der Waals surface area contributed by atoms with Gasteiger partial charge in [0.25, 0.3) is 0 Å². The highest BCUT2D eigenvalue weighted by Gasteiger charge is 2.49. The minimum atomic E-state index is -0.850. The van der Waals surface area contributed by atoms with E-state index in [9.17, 15) is 13.9 Å². The van der Waals surface area contributed by atoms with E-state index in [4.69, 9.17) is 25.9 Å². The van der Waals surface area contributed by atoms with Gasteiger partial charge in [0.05, 0.1) is 40.3 Å². The van der Waals surface area contributed by atoms with Crippen LogP contribution in [0.2, 0.25) is 0 Å². The van der Waals surface area contributed by atoms with Crippen LogP contribution >= 0.6 is 0 Å². The lowest BCUT2D eigenvalue weighted by molar-refractivity contribution is 0.0187. The van der Waals surface area contributed by atoms with Gasteiger partial charge in [0, 0.05) is 49.2 Å². The number of ether oxygens (including phenoxy) is 2. The van der Waals surface area contributed by atoms with Crippen LogP contribution in [0.15, 0.2) is 36.5 Å². The number of alkyl halides is 1. The lowest BCUT2D eigenvalue weighted by atomic mass is 9.84. The molecule has 220 valence electrons. The Labute approximate surface area is 247 Å². The number of hydrogen-bond donors (Lipinski definition) is 1. The molecule has 6 heterocycles. The molecule has 0 bridgehead atoms. The first-order chi connectivity index (χ1) is 20.9. The fourth-order valence-electron chi connectivity index (χ4n) is 7.66. The van der Waals surface area contributed by atoms with E-state index < -0.39 is 12.0 Å². The van der Waals surface area contributed by atoms with Gasteiger partial charge in [-0.3, -0.25) is 4.90 Å². The predicted molar refractivity (Wildman–Crippen MR) is 158 cm³/mol. The van der Waals surface area contributed by atoms with E-state index in [0.717, 1.165) is 44.3 Å². The number of benzene rings is 2. The number of phenols is 1. The van der Waals surface area contributed by atoms with Crippen LogP contribution in [0, 0.1) is 24.1 Å². The first kappa shape index (κ1) is 26.5. The second-order valence-electron chi connectivity index (χ2n) is 12.3. The lowest BCUT2D eigenvalue weighted by Gasteiger charge is -2.51. The predicted octanol–water partition coefficient (Wildman–Crippen LogP) is 4.85. The van der Waals surface area contributed by atoms with Gasteiger partial charge in [-0.15, -0.1) is 6.42 Å². The number of nitrogens with zero attached hydrogens (tertiary/aromatic N) is 5. The van der Waals surface area contributed by atoms with E-state index in [-0.39, 0.29) is 28.9 Å². The third kappa shape index (κ3) is 4.28. The van der Waals surface area contributed by atoms with E-state index in [0.29, 0.717) is 65.5 Å². The second kappa shape index (κ2) is 10.00. The minimum Gasteiger partial charge on any atom is -0.508 e. The number of anilines is 1. The topological polar surface area (TPSA) is 83.8 Å². The Morgan fingerprint density at radius 2 is 2.12 bits per heavy atom. The lowest BCUT2D eigenvalue weighted by Crippen LogP contribution is -2.61. The molecule has 8 nitrogen and oxygen atoms in total. The Balaban J connectivity index is 1.25. The van der Waals surface area contributed by atoms with Crippen molar-refractivity contribution in [3.8, 4) is 35.4 Å². The maximum absolute atomic E-state index is 14.9. The smallest absolute Gasteiger partial charge is 0.316 e. The molecule has 0 amide bonds. The van der Waals surface area contributed by atoms with Crippen molar-refractivity contribution in [2.24, 2.45) is 5.92 Å². The maximum Gasteiger partial charge on any atom is 0.316 e. The van der Waals surface area contributed by atoms with Gasteiger partial charge in [0.2, 0.25) is 0 Å². The number of terminal acetylenes is 1. The molecular formula is C33H31F2N5O3. The summed E-state index contributed by atoms with van der Waals surface area (Å²) in [5.41, 5.74) is 1.37. The summed E-state index contributed by atoms with van der Waals surface area (Å²) in [6, 6.07) is 8.21. The van der Waals surface area contributed by atoms with Crippen molar-refractivity contribution in [3.05, 3.63) is 47.9 Å². The summed E-state index contributed by atoms with van der Waals surface area (Å²) in [4.78, 5) is 18.8. The highest BCUT2D eigenvalue weighted by molar-refractivity contribution is 6.03. The molecule has 2 unspecified atom stereocenters. The van der Waals surface area contributed by atoms with Crippen LogP contribution in [-0.4, -0.2) is 82.2 Å². The number of pyridine rings is 1. The van der Waals surface area contributed by atoms with Crippen LogP contribution < -0.4 is 9.64 Å². The molecule has 2 aromatic carbocycles. The highest BCUT2D eigenvalue weighted by atomic mass is 19.1. The summed E-state index contributed by atoms with van der Waals surface area (Å²) >= 11 is 0. The van der Waals surface area contributed by atoms with Crippen LogP contribution in [0.4, 0.5) is 14.6 Å². The minimum absolute atomic E-state index is 0.0139. The number of fused-ring (bicyclic) bond motifs is 4. The van der Waals surface area contributed by atoms with E-state index in [1.165, 1.54) is 6.07 Å². The van der Waals surface area contributed by atoms with Crippen molar-refractivity contribution in [2.75, 3.05) is 44.4 Å². The van der Waals surface area contributed by atoms with Crippen LogP contribution in [0.3, 0.4) is 0 Å². The molecule has 4 saturated heterocycles. The van der Waals surface area contributed by atoms with Gasteiger partial charge in [0.1, 0.15) is 30.2 Å². The molecule has 4 atom stereocenters. The number of halogens is 2. The van der Waals surface area contributed by atoms with Gasteiger partial charge in [-0.25, -0.2) is 18.7 Å². The molecule has 0 aliphatic carbocycles. The van der Waals surface area contributed by atoms with E-state index in [2.05, 4.69) is 20.7 Å². The van der Waals surface area contributed by atoms with Crippen molar-refractivity contribution in [1.82, 2.24) is 19.9 Å². The summed E-state index contributed by atoms with van der Waals surface area (Å²) in [7, 11) is 0. The Kier molecular flexibility index (Phi) is 6.17. The van der Waals surface area contributed by atoms with Crippen molar-refractivity contribution in [1.29, 1.82) is 0 Å². The standard InChI is InChI=1S/C33H31F2N5O3/c1-2-23-26(35)5-4-19-10-22(41)11-24(30(19)23)27-12-28-25(31(37-27)40-15-20-6-9-42-17-29(20)40)14-36-32(38-28)43-18-33-7-3-8-39(33)16-21(34)13-33/h1,4-5,10-12,14,20-21,29,41H,3,6-9,13,15-18H2/t20?,21-,29?,33+/m1/s1. The van der Waals surface area contributed by atoms with Gasteiger partial charge in [-0.05, 0) is 55.5 Å². The Morgan fingerprint density at radius 1 is 1.21 bits per heavy atom. The summed E-state index contributed by atoms with van der Waals surface area (Å²) in [5, 5.41) is 12.5. The van der Waals surface area contributed by atoms with Crippen molar-refractivity contribution in [3.63, 3.8) is 0 Å². The Hall–Kier alpha value is -4.07. The van der Waals surface area contributed by atoms with E-state index in [1.807, 2.05) is 0 Å². The van der Waals surface area contributed by atoms with Gasteiger partial charge < -0.3 is 19.5 Å². The molecule has 43 heavy (non-hydrogen) atoms. The molecule has 4 fully saturated rings. The summed E-state index contributed by atoms with van der Waals surface area (Å²) in [5.74, 6) is 3.19. The monoisotopic (exact) mass is 583 g/mol. The molecule has 10 heteroatoms. The Morgan fingerprint density at radius 3 is 2.98 bits per heavy atom. The fourth-order valence-corrected chi connectivity index (χ4v) is 7.66. The normalized spacial score (nSPS) is 26.7. The van der Waals surface area contributed by atoms with Gasteiger partial charge in [0.15, 0.2) is 0 Å². The van der Waals surface area contributed by atoms with Crippen LogP contribution in [0.1, 0.15) is 31.2 Å². The molecular weight excluding hydrogens is 552 g/mol. The highest BCUT2D eigenvalue weighted by Crippen LogP contribution is 2.43. The third-order valence-electron chi connectivity index (χ3n) is 9.81. The molecule has 0 radical (unpaired) electrons. The zero-order valence-electron chi connectivity index (χ0n) is 23.6. The molecule has 4 aliphatic heterocycles. The van der Waals surface area contributed by atoms with Crippen LogP contribution in [0.25, 0.3) is 32.9 Å². The van der Waals surface area contributed by atoms with Gasteiger partial charge >= 0.3 is 6.01 Å². The zero-order valence-corrected chi connectivity index (χ0v) is 23.6. The third-order valence-corrected chi connectivity index (χ3v) is 9.81. The molecule has 1 N–H and O–H groups in total. The van der Waals surface area contributed by atoms with Crippen molar-refractivity contribution >= 4 is 27.5 Å². The van der Waals surface area contributed by atoms with Crippen molar-refractivity contribution < 1.29 is 23.4 Å². The van der Waals surface area contributed by atoms with Gasteiger partial charge in [-0.1, -0.05) is 12.0 Å². The number of aromatic hydroxyl groups is 1. The second-order valence-corrected chi connectivity index (χ2v) is 12.3. The largest absolute Gasteiger partial charge is 0.508 e. The average molecular weight is 584 g/mol. The van der Waals surface area contributed by atoms with E-state index in [1.54, 1.807) is 30.5 Å². The Bertz CT molecular complexity index is 1810. The molecule has 4 aliphatic rings. The quantitative estimate of drug-likeness (QED) is 0.334. The number of hydrogen-bond acceptors (Lipinski definition) is 8. The molecule has 0 spiro atoms. The first-order valence-electron chi connectivity index (χ1n) is 14.9. The maximum atomic E-state index is 14.9.